The molecule has 7 heteroatoms. The molecule has 0 bridgehead atoms. The molecule has 0 spiro atoms. The van der Waals surface area contributed by atoms with Crippen molar-refractivity contribution in [2.45, 2.75) is 6.92 Å². The number of nitrogens with one attached hydrogen (secondary N) is 1. The number of thiophene rings is 1. The van der Waals surface area contributed by atoms with E-state index in [-0.39, 0.29) is 5.91 Å². The van der Waals surface area contributed by atoms with Crippen molar-refractivity contribution in [3.63, 3.8) is 0 Å². The summed E-state index contributed by atoms with van der Waals surface area (Å²) in [6.07, 6.45) is 3.27. The molecule has 5 nitrogen and oxygen atoms in total. The van der Waals surface area contributed by atoms with Crippen LogP contribution in [0.4, 0.5) is 0 Å². The second-order valence-corrected chi connectivity index (χ2v) is 5.75. The van der Waals surface area contributed by atoms with Crippen LogP contribution in [0.1, 0.15) is 21.1 Å². The molecule has 1 amide bonds. The van der Waals surface area contributed by atoms with E-state index in [1.165, 1.54) is 0 Å². The smallest absolute Gasteiger partial charge is 0.290 e. The highest BCUT2D eigenvalue weighted by Gasteiger charge is 2.16. The van der Waals surface area contributed by atoms with Crippen LogP contribution < -0.4 is 5.43 Å². The van der Waals surface area contributed by atoms with Gasteiger partial charge in [-0.3, -0.25) is 9.20 Å². The topological polar surface area (TPSA) is 58.8 Å². The zero-order chi connectivity index (χ0) is 14.8. The Balaban J connectivity index is 1.87. The van der Waals surface area contributed by atoms with Crippen LogP contribution in [0.15, 0.2) is 40.9 Å². The number of imidazole rings is 1. The van der Waals surface area contributed by atoms with Crippen molar-refractivity contribution in [3.8, 4) is 0 Å². The number of halogens is 1. The Labute approximate surface area is 129 Å². The Bertz CT molecular complexity index is 823. The van der Waals surface area contributed by atoms with Crippen molar-refractivity contribution in [1.29, 1.82) is 0 Å². The molecule has 21 heavy (non-hydrogen) atoms. The minimum atomic E-state index is -0.324. The van der Waals surface area contributed by atoms with Crippen LogP contribution >= 0.6 is 22.9 Å². The quantitative estimate of drug-likeness (QED) is 0.596. The van der Waals surface area contributed by atoms with Gasteiger partial charge in [-0.2, -0.15) is 5.10 Å². The average Bonchev–Trinajstić information content (AvgIpc) is 3.05. The maximum Gasteiger partial charge on any atom is 0.290 e. The molecule has 3 aromatic heterocycles. The Kier molecular flexibility index (Phi) is 3.72. The van der Waals surface area contributed by atoms with Crippen molar-refractivity contribution in [2.75, 3.05) is 0 Å². The highest BCUT2D eigenvalue weighted by atomic mass is 35.5. The van der Waals surface area contributed by atoms with Crippen molar-refractivity contribution in [1.82, 2.24) is 14.8 Å². The molecule has 0 atom stereocenters. The Morgan fingerprint density at radius 1 is 1.48 bits per heavy atom. The number of fused-ring (bicyclic) bond motifs is 1. The highest BCUT2D eigenvalue weighted by Crippen LogP contribution is 2.16. The van der Waals surface area contributed by atoms with Gasteiger partial charge in [0.2, 0.25) is 0 Å². The molecule has 106 valence electrons. The zero-order valence-corrected chi connectivity index (χ0v) is 12.6. The highest BCUT2D eigenvalue weighted by molar-refractivity contribution is 7.11. The molecule has 0 aliphatic heterocycles. The first-order valence-corrected chi connectivity index (χ1v) is 7.42. The van der Waals surface area contributed by atoms with Crippen LogP contribution in [0.2, 0.25) is 5.02 Å². The first-order chi connectivity index (χ1) is 10.1. The molecule has 0 saturated carbocycles. The van der Waals surface area contributed by atoms with E-state index < -0.39 is 0 Å². The van der Waals surface area contributed by atoms with E-state index in [0.29, 0.717) is 22.1 Å². The lowest BCUT2D eigenvalue weighted by Gasteiger charge is -2.01. The number of aromatic nitrogens is 2. The summed E-state index contributed by atoms with van der Waals surface area (Å²) in [6.45, 7) is 1.78. The summed E-state index contributed by atoms with van der Waals surface area (Å²) in [5.41, 5.74) is 4.23. The van der Waals surface area contributed by atoms with Crippen molar-refractivity contribution >= 4 is 40.7 Å². The van der Waals surface area contributed by atoms with Gasteiger partial charge >= 0.3 is 0 Å². The van der Waals surface area contributed by atoms with Crippen LogP contribution in [0, 0.1) is 6.92 Å². The number of nitrogens with zero attached hydrogens (tertiary/aromatic N) is 3. The molecule has 3 rings (SSSR count). The number of hydrazone groups is 1. The maximum absolute atomic E-state index is 12.3. The van der Waals surface area contributed by atoms with Crippen molar-refractivity contribution < 1.29 is 4.79 Å². The Morgan fingerprint density at radius 3 is 3.10 bits per heavy atom. The third-order valence-corrected chi connectivity index (χ3v) is 3.90. The fourth-order valence-electron chi connectivity index (χ4n) is 1.98. The lowest BCUT2D eigenvalue weighted by atomic mass is 10.3. The molecule has 3 heterocycles. The zero-order valence-electron chi connectivity index (χ0n) is 11.1. The molecule has 0 aliphatic carbocycles. The summed E-state index contributed by atoms with van der Waals surface area (Å²) in [5, 5.41) is 6.43. The first kappa shape index (κ1) is 13.8. The number of aryl methyl sites for hydroxylation is 1. The summed E-state index contributed by atoms with van der Waals surface area (Å²) in [4.78, 5) is 17.5. The molecular weight excluding hydrogens is 308 g/mol. The third-order valence-electron chi connectivity index (χ3n) is 2.87. The molecule has 0 aliphatic rings. The average molecular weight is 319 g/mol. The van der Waals surface area contributed by atoms with E-state index in [9.17, 15) is 4.79 Å². The van der Waals surface area contributed by atoms with Crippen LogP contribution in [0.3, 0.4) is 0 Å². The van der Waals surface area contributed by atoms with Gasteiger partial charge in [-0.15, -0.1) is 11.3 Å². The molecular formula is C14H11ClN4OS. The second-order valence-electron chi connectivity index (χ2n) is 4.34. The van der Waals surface area contributed by atoms with E-state index >= 15 is 0 Å². The van der Waals surface area contributed by atoms with Gasteiger partial charge in [0.1, 0.15) is 11.3 Å². The van der Waals surface area contributed by atoms with Crippen molar-refractivity contribution in [2.24, 2.45) is 5.10 Å². The monoisotopic (exact) mass is 318 g/mol. The Morgan fingerprint density at radius 2 is 2.33 bits per heavy atom. The predicted octanol–water partition coefficient (Wildman–Crippen LogP) is 3.12. The summed E-state index contributed by atoms with van der Waals surface area (Å²) >= 11 is 7.51. The van der Waals surface area contributed by atoms with E-state index in [1.807, 2.05) is 17.5 Å². The number of rotatable bonds is 3. The molecule has 0 unspecified atom stereocenters. The molecule has 0 fully saturated rings. The number of hydrogen-bond donors (Lipinski definition) is 1. The van der Waals surface area contributed by atoms with Gasteiger partial charge in [0.15, 0.2) is 0 Å². The van der Waals surface area contributed by atoms with Gasteiger partial charge in [0, 0.05) is 11.1 Å². The number of amides is 1. The fraction of sp³-hybridized carbons (Fsp3) is 0.0714. The van der Waals surface area contributed by atoms with Gasteiger partial charge in [-0.05, 0) is 30.5 Å². The first-order valence-electron chi connectivity index (χ1n) is 6.16. The van der Waals surface area contributed by atoms with Crippen LogP contribution in [-0.2, 0) is 0 Å². The summed E-state index contributed by atoms with van der Waals surface area (Å²) in [6, 6.07) is 7.34. The summed E-state index contributed by atoms with van der Waals surface area (Å²) in [5.74, 6) is -0.324. The second kappa shape index (κ2) is 5.67. The van der Waals surface area contributed by atoms with Crippen molar-refractivity contribution in [3.05, 3.63) is 57.1 Å². The Hall–Kier alpha value is -2.18. The summed E-state index contributed by atoms with van der Waals surface area (Å²) in [7, 11) is 0. The number of pyridine rings is 1. The van der Waals surface area contributed by atoms with Gasteiger partial charge < -0.3 is 0 Å². The van der Waals surface area contributed by atoms with Gasteiger partial charge in [-0.1, -0.05) is 17.7 Å². The van der Waals surface area contributed by atoms with E-state index in [4.69, 9.17) is 11.6 Å². The van der Waals surface area contributed by atoms with E-state index in [2.05, 4.69) is 15.5 Å². The number of carbonyl (C=O) groups is 1. The van der Waals surface area contributed by atoms with Crippen LogP contribution in [0.25, 0.3) is 5.65 Å². The molecule has 3 aromatic rings. The molecule has 1 N–H and O–H groups in total. The third kappa shape index (κ3) is 2.81. The minimum absolute atomic E-state index is 0.324. The van der Waals surface area contributed by atoms with Gasteiger partial charge in [0.25, 0.3) is 5.91 Å². The largest absolute Gasteiger partial charge is 0.294 e. The number of carbonyl (C=O) groups excluding carboxylic acids is 1. The molecule has 0 radical (unpaired) electrons. The standard InChI is InChI=1S/C14H11ClN4OS/c1-9-13(19-8-10(15)4-5-12(19)17-9)14(20)18-16-7-11-3-2-6-21-11/h2-8H,1H3,(H,18,20)/b16-7-. The van der Waals surface area contributed by atoms with Gasteiger partial charge in [-0.25, -0.2) is 10.4 Å². The number of hydrogen-bond acceptors (Lipinski definition) is 4. The van der Waals surface area contributed by atoms with Crippen LogP contribution in [0.5, 0.6) is 0 Å². The molecule has 0 saturated heterocycles. The van der Waals surface area contributed by atoms with Crippen LogP contribution in [-0.4, -0.2) is 21.5 Å². The SMILES string of the molecule is Cc1nc2ccc(Cl)cn2c1C(=O)N/N=C\c1cccs1. The maximum atomic E-state index is 12.3. The fourth-order valence-corrected chi connectivity index (χ4v) is 2.73. The van der Waals surface area contributed by atoms with E-state index in [1.54, 1.807) is 47.2 Å². The normalized spacial score (nSPS) is 11.3. The predicted molar refractivity (Wildman–Crippen MR) is 84.3 cm³/mol. The summed E-state index contributed by atoms with van der Waals surface area (Å²) < 4.78 is 1.66. The lowest BCUT2D eigenvalue weighted by Crippen LogP contribution is -2.20. The molecule has 0 aromatic carbocycles. The lowest BCUT2D eigenvalue weighted by molar-refractivity contribution is 0.0948. The van der Waals surface area contributed by atoms with E-state index in [0.717, 1.165) is 4.88 Å². The minimum Gasteiger partial charge on any atom is -0.294 e. The van der Waals surface area contributed by atoms with Gasteiger partial charge in [0.05, 0.1) is 16.9 Å².